The molecule has 4 nitrogen and oxygen atoms in total. The first-order chi connectivity index (χ1) is 26.3. The molecule has 0 spiro atoms. The number of aromatic nitrogens is 2. The summed E-state index contributed by atoms with van der Waals surface area (Å²) < 4.78 is 3.58. The van der Waals surface area contributed by atoms with E-state index in [1.54, 1.807) is 9.13 Å². The molecular weight excluding hydrogens is 661 g/mol. The van der Waals surface area contributed by atoms with E-state index >= 15 is 9.59 Å². The van der Waals surface area contributed by atoms with Gasteiger partial charge in [-0.3, -0.25) is 9.59 Å². The van der Waals surface area contributed by atoms with E-state index in [2.05, 4.69) is 125 Å². The van der Waals surface area contributed by atoms with Crippen LogP contribution in [-0.4, -0.2) is 9.13 Å². The van der Waals surface area contributed by atoms with E-state index in [9.17, 15) is 0 Å². The Morgan fingerprint density at radius 2 is 0.611 bits per heavy atom. The second-order valence-electron chi connectivity index (χ2n) is 15.1. The van der Waals surface area contributed by atoms with Gasteiger partial charge in [0.2, 0.25) is 0 Å². The smallest absolute Gasteiger partial charge is 0.259 e. The molecule has 6 rings (SSSR count). The van der Waals surface area contributed by atoms with E-state index in [1.165, 1.54) is 22.3 Å². The predicted molar refractivity (Wildman–Crippen MR) is 231 cm³/mol. The van der Waals surface area contributed by atoms with Crippen molar-refractivity contribution < 1.29 is 0 Å². The first-order valence-electron chi connectivity index (χ1n) is 20.5. The standard InChI is InChI=1S/C50H58N2O2/c1-7-11-15-35-19-27-39(28-20-35)43-45-46(50(54)51(5)47(43)41-31-23-37(24-32-41)17-13-9-3)44(40-29-21-36(22-30-40)16-12-8-2)48(52(6)49(45)53)42-33-25-38(26-34-42)18-14-10-4/h19-34H,7-18H2,1-6H3. The Bertz CT molecular complexity index is 2120. The molecule has 6 aromatic rings. The molecule has 280 valence electrons. The fraction of sp³-hybridized carbons (Fsp3) is 0.360. The van der Waals surface area contributed by atoms with E-state index in [0.717, 1.165) is 122 Å². The lowest BCUT2D eigenvalue weighted by molar-refractivity contribution is 0.795. The molecule has 2 aromatic heterocycles. The van der Waals surface area contributed by atoms with E-state index < -0.39 is 0 Å². The van der Waals surface area contributed by atoms with Gasteiger partial charge in [-0.25, -0.2) is 0 Å². The summed E-state index contributed by atoms with van der Waals surface area (Å²) in [5, 5.41) is 0.945. The minimum absolute atomic E-state index is 0.165. The molecule has 0 amide bonds. The Labute approximate surface area is 322 Å². The number of benzene rings is 4. The largest absolute Gasteiger partial charge is 0.310 e. The topological polar surface area (TPSA) is 44.0 Å². The van der Waals surface area contributed by atoms with Gasteiger partial charge in [0.25, 0.3) is 11.1 Å². The van der Waals surface area contributed by atoms with Crippen LogP contribution in [0.2, 0.25) is 0 Å². The summed E-state index contributed by atoms with van der Waals surface area (Å²) in [6.45, 7) is 8.85. The van der Waals surface area contributed by atoms with Crippen LogP contribution in [0.25, 0.3) is 55.5 Å². The van der Waals surface area contributed by atoms with Crippen LogP contribution in [-0.2, 0) is 39.8 Å². The average molecular weight is 719 g/mol. The number of aryl methyl sites for hydroxylation is 4. The fourth-order valence-electron chi connectivity index (χ4n) is 7.88. The normalized spacial score (nSPS) is 11.4. The summed E-state index contributed by atoms with van der Waals surface area (Å²) in [7, 11) is 3.75. The molecule has 0 radical (unpaired) electrons. The van der Waals surface area contributed by atoms with Gasteiger partial charge in [-0.1, -0.05) is 150 Å². The maximum Gasteiger partial charge on any atom is 0.259 e. The highest BCUT2D eigenvalue weighted by molar-refractivity contribution is 6.10. The molecule has 0 bridgehead atoms. The summed E-state index contributed by atoms with van der Waals surface area (Å²) in [4.78, 5) is 30.2. The van der Waals surface area contributed by atoms with E-state index in [0.29, 0.717) is 10.8 Å². The van der Waals surface area contributed by atoms with Gasteiger partial charge < -0.3 is 9.13 Å². The third-order valence-corrected chi connectivity index (χ3v) is 11.1. The zero-order chi connectivity index (χ0) is 38.2. The zero-order valence-corrected chi connectivity index (χ0v) is 33.4. The first kappa shape index (κ1) is 38.8. The van der Waals surface area contributed by atoms with Gasteiger partial charge in [-0.05, 0) is 95.9 Å². The number of nitrogens with zero attached hydrogens (tertiary/aromatic N) is 2. The maximum absolute atomic E-state index is 15.1. The van der Waals surface area contributed by atoms with Crippen molar-refractivity contribution in [2.75, 3.05) is 0 Å². The number of hydrogen-bond donors (Lipinski definition) is 0. The maximum atomic E-state index is 15.1. The van der Waals surface area contributed by atoms with Crippen molar-refractivity contribution in [1.82, 2.24) is 9.13 Å². The number of rotatable bonds is 16. The molecule has 0 atom stereocenters. The van der Waals surface area contributed by atoms with Crippen LogP contribution in [0.15, 0.2) is 107 Å². The first-order valence-corrected chi connectivity index (χ1v) is 20.5. The second-order valence-corrected chi connectivity index (χ2v) is 15.1. The predicted octanol–water partition coefficient (Wildman–Crippen LogP) is 12.3. The number of pyridine rings is 2. The van der Waals surface area contributed by atoms with Gasteiger partial charge in [0.1, 0.15) is 0 Å². The van der Waals surface area contributed by atoms with Gasteiger partial charge >= 0.3 is 0 Å². The summed E-state index contributed by atoms with van der Waals surface area (Å²) in [5.41, 5.74) is 11.6. The van der Waals surface area contributed by atoms with Crippen LogP contribution in [0, 0.1) is 0 Å². The van der Waals surface area contributed by atoms with Crippen LogP contribution in [0.4, 0.5) is 0 Å². The molecule has 0 saturated carbocycles. The fourth-order valence-corrected chi connectivity index (χ4v) is 7.88. The van der Waals surface area contributed by atoms with E-state index in [4.69, 9.17) is 0 Å². The molecule has 0 aliphatic rings. The minimum atomic E-state index is -0.165. The van der Waals surface area contributed by atoms with Crippen molar-refractivity contribution in [2.45, 2.75) is 105 Å². The highest BCUT2D eigenvalue weighted by Gasteiger charge is 2.27. The van der Waals surface area contributed by atoms with Crippen molar-refractivity contribution in [2.24, 2.45) is 14.1 Å². The Hall–Kier alpha value is -4.96. The third-order valence-electron chi connectivity index (χ3n) is 11.1. The summed E-state index contributed by atoms with van der Waals surface area (Å²) in [5.74, 6) is 0. The second kappa shape index (κ2) is 17.9. The van der Waals surface area contributed by atoms with Gasteiger partial charge in [0.15, 0.2) is 0 Å². The lowest BCUT2D eigenvalue weighted by atomic mass is 9.88. The highest BCUT2D eigenvalue weighted by atomic mass is 16.1. The number of hydrogen-bond acceptors (Lipinski definition) is 2. The van der Waals surface area contributed by atoms with Crippen LogP contribution in [0.5, 0.6) is 0 Å². The zero-order valence-electron chi connectivity index (χ0n) is 33.4. The molecule has 0 fully saturated rings. The third kappa shape index (κ3) is 8.09. The van der Waals surface area contributed by atoms with Crippen molar-refractivity contribution in [1.29, 1.82) is 0 Å². The highest BCUT2D eigenvalue weighted by Crippen LogP contribution is 2.42. The van der Waals surface area contributed by atoms with Gasteiger partial charge in [-0.2, -0.15) is 0 Å². The van der Waals surface area contributed by atoms with Crippen molar-refractivity contribution in [3.8, 4) is 44.8 Å². The molecule has 4 aromatic carbocycles. The van der Waals surface area contributed by atoms with Crippen molar-refractivity contribution >= 4 is 10.8 Å². The molecule has 0 aliphatic heterocycles. The Morgan fingerprint density at radius 3 is 0.852 bits per heavy atom. The van der Waals surface area contributed by atoms with Crippen LogP contribution in [0.3, 0.4) is 0 Å². The van der Waals surface area contributed by atoms with Crippen LogP contribution >= 0.6 is 0 Å². The molecule has 2 heterocycles. The number of fused-ring (bicyclic) bond motifs is 1. The monoisotopic (exact) mass is 718 g/mol. The van der Waals surface area contributed by atoms with Gasteiger partial charge in [-0.15, -0.1) is 0 Å². The lowest BCUT2D eigenvalue weighted by Crippen LogP contribution is -2.28. The Balaban J connectivity index is 1.71. The van der Waals surface area contributed by atoms with Crippen LogP contribution < -0.4 is 11.1 Å². The SMILES string of the molecule is CCCCc1ccc(-c2c(-c3ccc(CCCC)cc3)n(C)c(=O)c3c(-c4ccc(CCCC)cc4)c(-c4ccc(CCCC)cc4)n(C)c(=O)c23)cc1. The van der Waals surface area contributed by atoms with E-state index in [1.807, 2.05) is 14.1 Å². The molecule has 0 saturated heterocycles. The van der Waals surface area contributed by atoms with Crippen molar-refractivity contribution in [3.05, 3.63) is 140 Å². The molecule has 0 N–H and O–H groups in total. The van der Waals surface area contributed by atoms with Gasteiger partial charge in [0, 0.05) is 25.2 Å². The van der Waals surface area contributed by atoms with Crippen LogP contribution in [0.1, 0.15) is 101 Å². The molecule has 4 heteroatoms. The average Bonchev–Trinajstić information content (AvgIpc) is 3.21. The lowest BCUT2D eigenvalue weighted by Gasteiger charge is -2.23. The van der Waals surface area contributed by atoms with E-state index in [-0.39, 0.29) is 11.1 Å². The molecule has 0 aliphatic carbocycles. The van der Waals surface area contributed by atoms with Crippen molar-refractivity contribution in [3.63, 3.8) is 0 Å². The quantitative estimate of drug-likeness (QED) is 0.1000. The number of unbranched alkanes of at least 4 members (excludes halogenated alkanes) is 4. The summed E-state index contributed by atoms with van der Waals surface area (Å²) in [6.07, 6.45) is 13.1. The molecule has 0 unspecified atom stereocenters. The van der Waals surface area contributed by atoms with Gasteiger partial charge in [0.05, 0.1) is 22.2 Å². The summed E-state index contributed by atoms with van der Waals surface area (Å²) in [6, 6.07) is 34.5. The summed E-state index contributed by atoms with van der Waals surface area (Å²) >= 11 is 0. The molecular formula is C50H58N2O2. The molecule has 54 heavy (non-hydrogen) atoms. The minimum Gasteiger partial charge on any atom is -0.310 e. The Kier molecular flexibility index (Phi) is 12.9. The Morgan fingerprint density at radius 1 is 0.370 bits per heavy atom.